The second kappa shape index (κ2) is 11.5. The van der Waals surface area contributed by atoms with E-state index in [0.717, 1.165) is 12.0 Å². The van der Waals surface area contributed by atoms with E-state index in [0.29, 0.717) is 22.0 Å². The van der Waals surface area contributed by atoms with Crippen molar-refractivity contribution in [2.75, 3.05) is 21.3 Å². The second-order valence-corrected chi connectivity index (χ2v) is 11.9. The highest BCUT2D eigenvalue weighted by Crippen LogP contribution is 2.51. The van der Waals surface area contributed by atoms with Gasteiger partial charge in [-0.3, -0.25) is 4.79 Å². The molecule has 0 bridgehead atoms. The van der Waals surface area contributed by atoms with Crippen molar-refractivity contribution >= 4 is 27.7 Å². The van der Waals surface area contributed by atoms with Crippen LogP contribution in [0.4, 0.5) is 0 Å². The molecule has 1 unspecified atom stereocenters. The zero-order valence-electron chi connectivity index (χ0n) is 24.5. The first-order chi connectivity index (χ1) is 18.2. The lowest BCUT2D eigenvalue weighted by molar-refractivity contribution is 0.0926. The number of halogens is 1. The molecule has 1 heterocycles. The van der Waals surface area contributed by atoms with Crippen molar-refractivity contribution in [3.05, 3.63) is 69.0 Å². The number of aliphatic imine (C=N–C) groups is 1. The quantitative estimate of drug-likeness (QED) is 0.145. The molecule has 2 aromatic rings. The van der Waals surface area contributed by atoms with Crippen molar-refractivity contribution in [3.8, 4) is 11.7 Å². The van der Waals surface area contributed by atoms with Gasteiger partial charge in [-0.15, -0.1) is 0 Å². The number of fused-ring (bicyclic) bond motifs is 1. The van der Waals surface area contributed by atoms with Gasteiger partial charge in [-0.05, 0) is 68.8 Å². The summed E-state index contributed by atoms with van der Waals surface area (Å²) in [5, 5.41) is 2.70. The molecule has 0 radical (unpaired) electrons. The molecule has 1 atom stereocenters. The van der Waals surface area contributed by atoms with Crippen molar-refractivity contribution in [2.45, 2.75) is 65.7 Å². The van der Waals surface area contributed by atoms with E-state index in [1.54, 1.807) is 6.92 Å². The summed E-state index contributed by atoms with van der Waals surface area (Å²) in [6.07, 6.45) is 1.07. The molecule has 0 spiro atoms. The highest BCUT2D eigenvalue weighted by atomic mass is 79.9. The minimum atomic E-state index is -0.572. The summed E-state index contributed by atoms with van der Waals surface area (Å²) < 4.78 is 28.2. The van der Waals surface area contributed by atoms with Crippen LogP contribution in [-0.2, 0) is 25.0 Å². The van der Waals surface area contributed by atoms with Gasteiger partial charge in [0.15, 0.2) is 11.7 Å². The van der Waals surface area contributed by atoms with Crippen molar-refractivity contribution < 1.29 is 28.2 Å². The van der Waals surface area contributed by atoms with Crippen LogP contribution in [0.2, 0.25) is 0 Å². The van der Waals surface area contributed by atoms with Crippen LogP contribution in [-0.4, -0.2) is 33.1 Å². The van der Waals surface area contributed by atoms with Gasteiger partial charge in [0.05, 0.1) is 21.3 Å². The number of rotatable bonds is 8. The fourth-order valence-corrected chi connectivity index (χ4v) is 5.20. The van der Waals surface area contributed by atoms with Crippen LogP contribution >= 0.6 is 15.9 Å². The number of hydrogen-bond acceptors (Lipinski definition) is 7. The molecule has 8 nitrogen and oxygen atoms in total. The summed E-state index contributed by atoms with van der Waals surface area (Å²) in [7, 11) is 4.31. The van der Waals surface area contributed by atoms with Gasteiger partial charge in [-0.2, -0.15) is 4.99 Å². The average Bonchev–Trinajstić information content (AvgIpc) is 3.25. The first-order valence-electron chi connectivity index (χ1n) is 12.7. The van der Waals surface area contributed by atoms with Crippen LogP contribution in [0.15, 0.2) is 56.0 Å². The maximum Gasteiger partial charge on any atom is 0.305 e. The first-order valence-corrected chi connectivity index (χ1v) is 13.5. The van der Waals surface area contributed by atoms with Crippen LogP contribution in [0.5, 0.6) is 11.7 Å². The summed E-state index contributed by atoms with van der Waals surface area (Å²) in [6.45, 7) is 19.0. The molecule has 0 saturated carbocycles. The summed E-state index contributed by atoms with van der Waals surface area (Å²) in [4.78, 5) is 17.4. The van der Waals surface area contributed by atoms with E-state index in [1.807, 2.05) is 6.92 Å². The monoisotopic (exact) mass is 602 g/mol. The van der Waals surface area contributed by atoms with Crippen LogP contribution in [0.1, 0.15) is 75.2 Å². The summed E-state index contributed by atoms with van der Waals surface area (Å²) in [6, 6.07) is 5.86. The van der Waals surface area contributed by atoms with E-state index < -0.39 is 5.91 Å². The molecule has 1 aliphatic carbocycles. The van der Waals surface area contributed by atoms with Crippen molar-refractivity contribution in [3.63, 3.8) is 0 Å². The largest absolute Gasteiger partial charge is 0.495 e. The number of carbonyl (C=O) groups is 1. The summed E-state index contributed by atoms with van der Waals surface area (Å²) in [5.41, 5.74) is 3.76. The van der Waals surface area contributed by atoms with Gasteiger partial charge in [-0.1, -0.05) is 47.3 Å². The van der Waals surface area contributed by atoms with E-state index in [2.05, 4.69) is 79.6 Å². The lowest BCUT2D eigenvalue weighted by atomic mass is 9.58. The molecule has 9 heteroatoms. The number of nitrogens with one attached hydrogen (secondary N) is 1. The molecule has 1 aromatic carbocycles. The topological polar surface area (TPSA) is 91.5 Å². The Hall–Kier alpha value is -3.20. The number of nitrogens with zero attached hydrogens (tertiary/aromatic N) is 1. The fourth-order valence-electron chi connectivity index (χ4n) is 4.83. The lowest BCUT2D eigenvalue weighted by Gasteiger charge is -2.46. The third kappa shape index (κ3) is 6.19. The van der Waals surface area contributed by atoms with Gasteiger partial charge in [0.25, 0.3) is 5.91 Å². The minimum absolute atomic E-state index is 0.00326. The molecule has 1 aromatic heterocycles. The lowest BCUT2D eigenvalue weighted by Crippen LogP contribution is -2.40. The van der Waals surface area contributed by atoms with Crippen molar-refractivity contribution in [1.29, 1.82) is 0 Å². The second-order valence-electron chi connectivity index (χ2n) is 11.0. The van der Waals surface area contributed by atoms with E-state index >= 15 is 0 Å². The molecule has 1 aliphatic rings. The molecule has 0 fully saturated rings. The number of ether oxygens (including phenoxy) is 4. The zero-order valence-corrected chi connectivity index (χ0v) is 26.1. The maximum atomic E-state index is 13.2. The average molecular weight is 604 g/mol. The smallest absolute Gasteiger partial charge is 0.305 e. The SMILES string of the molecule is C=C(OC)/C(NC(=O)c1cc(Br)c(Oc2cc3c(cc2C)C(C)(C)C(C)CC3(C)C)o1)=C(\N=C(/C)OC)OC. The summed E-state index contributed by atoms with van der Waals surface area (Å²) in [5.74, 6) is 1.34. The predicted molar refractivity (Wildman–Crippen MR) is 155 cm³/mol. The number of methoxy groups -OCH3 is 3. The minimum Gasteiger partial charge on any atom is -0.495 e. The number of carbonyl (C=O) groups excluding carboxylic acids is 1. The fraction of sp³-hybridized carbons (Fsp3) is 0.467. The van der Waals surface area contributed by atoms with E-state index in [4.69, 9.17) is 23.4 Å². The number of hydrogen-bond donors (Lipinski definition) is 1. The van der Waals surface area contributed by atoms with Gasteiger partial charge in [-0.25, -0.2) is 0 Å². The number of benzene rings is 1. The Morgan fingerprint density at radius 3 is 2.36 bits per heavy atom. The Balaban J connectivity index is 1.95. The molecule has 212 valence electrons. The van der Waals surface area contributed by atoms with Crippen molar-refractivity contribution in [1.82, 2.24) is 5.32 Å². The number of amides is 1. The van der Waals surface area contributed by atoms with Crippen molar-refractivity contribution in [2.24, 2.45) is 10.9 Å². The Bertz CT molecular complexity index is 1340. The number of furan rings is 1. The van der Waals surface area contributed by atoms with Gasteiger partial charge in [0.1, 0.15) is 21.7 Å². The zero-order chi connectivity index (χ0) is 29.3. The maximum absolute atomic E-state index is 13.2. The Morgan fingerprint density at radius 1 is 1.10 bits per heavy atom. The van der Waals surface area contributed by atoms with Crippen LogP contribution < -0.4 is 10.1 Å². The third-order valence-corrected chi connectivity index (χ3v) is 8.15. The first kappa shape index (κ1) is 30.3. The van der Waals surface area contributed by atoms with Gasteiger partial charge in [0.2, 0.25) is 5.88 Å². The Kier molecular flexibility index (Phi) is 8.95. The van der Waals surface area contributed by atoms with Crippen LogP contribution in [0, 0.1) is 12.8 Å². The highest BCUT2D eigenvalue weighted by Gasteiger charge is 2.42. The van der Waals surface area contributed by atoms with Gasteiger partial charge in [0, 0.05) is 13.0 Å². The van der Waals surface area contributed by atoms with Crippen LogP contribution in [0.25, 0.3) is 0 Å². The van der Waals surface area contributed by atoms with Gasteiger partial charge < -0.3 is 28.7 Å². The van der Waals surface area contributed by atoms with Gasteiger partial charge >= 0.3 is 5.95 Å². The molecule has 0 saturated heterocycles. The Morgan fingerprint density at radius 2 is 1.77 bits per heavy atom. The molecule has 3 rings (SSSR count). The highest BCUT2D eigenvalue weighted by molar-refractivity contribution is 9.10. The molecule has 1 N–H and O–H groups in total. The predicted octanol–water partition coefficient (Wildman–Crippen LogP) is 7.51. The molecule has 1 amide bonds. The third-order valence-electron chi connectivity index (χ3n) is 7.59. The van der Waals surface area contributed by atoms with Crippen LogP contribution in [0.3, 0.4) is 0 Å². The molecular formula is C30H39BrN2O6. The van der Waals surface area contributed by atoms with E-state index in [1.165, 1.54) is 38.5 Å². The normalized spacial score (nSPS) is 18.4. The molecule has 39 heavy (non-hydrogen) atoms. The Labute approximate surface area is 239 Å². The summed E-state index contributed by atoms with van der Waals surface area (Å²) >= 11 is 3.47. The standard InChI is InChI=1S/C30H39BrN2O6/c1-16-12-21-20(29(5,6)15-17(2)30(21,7)8)13-23(16)38-28-22(31)14-24(39-28)26(34)33-25(18(3)35-9)27(37-11)32-19(4)36-10/h12-14,17H,3,15H2,1-2,4-11H3,(H,33,34)/b27-25-,32-19+. The van der Waals surface area contributed by atoms with E-state index in [-0.39, 0.29) is 39.9 Å². The molecule has 0 aliphatic heterocycles. The van der Waals surface area contributed by atoms with E-state index in [9.17, 15) is 4.79 Å². The number of aryl methyl sites for hydroxylation is 1. The molecular weight excluding hydrogens is 564 g/mol.